The molecule has 6 nitrogen and oxygen atoms in total. The first-order valence-electron chi connectivity index (χ1n) is 14.8. The van der Waals surface area contributed by atoms with Crippen LogP contribution in [-0.2, 0) is 23.5 Å². The first-order valence-corrected chi connectivity index (χ1v) is 14.8. The molecule has 0 amide bonds. The van der Waals surface area contributed by atoms with E-state index in [1.165, 1.54) is 18.6 Å². The lowest BCUT2D eigenvalue weighted by molar-refractivity contribution is -0.959. The third-order valence-electron chi connectivity index (χ3n) is 9.44. The van der Waals surface area contributed by atoms with Crippen molar-refractivity contribution in [3.05, 3.63) is 83.6 Å². The minimum absolute atomic E-state index is 0.0643. The van der Waals surface area contributed by atoms with E-state index >= 15 is 0 Å². The monoisotopic (exact) mass is 571 g/mol. The highest BCUT2D eigenvalue weighted by Gasteiger charge is 2.48. The molecular formula is C32H38F3N2O4+. The highest BCUT2D eigenvalue weighted by atomic mass is 19.4. The molecule has 7 rings (SSSR count). The minimum Gasteiger partial charge on any atom is -0.436 e. The maximum Gasteiger partial charge on any atom is 0.573 e. The van der Waals surface area contributed by atoms with Gasteiger partial charge in [-0.1, -0.05) is 61.7 Å². The number of alkyl halides is 3. The van der Waals surface area contributed by atoms with E-state index in [0.717, 1.165) is 79.5 Å². The molecule has 2 atom stereocenters. The van der Waals surface area contributed by atoms with Gasteiger partial charge in [0.1, 0.15) is 24.9 Å². The summed E-state index contributed by atoms with van der Waals surface area (Å²) in [6.45, 7) is 3.96. The largest absolute Gasteiger partial charge is 0.573 e. The molecule has 220 valence electrons. The lowest BCUT2D eigenvalue weighted by atomic mass is 9.73. The van der Waals surface area contributed by atoms with Crippen molar-refractivity contribution in [2.45, 2.75) is 76.2 Å². The Kier molecular flexibility index (Phi) is 7.87. The van der Waals surface area contributed by atoms with Crippen LogP contribution in [0.15, 0.2) is 65.2 Å². The van der Waals surface area contributed by atoms with Crippen molar-refractivity contribution in [1.82, 2.24) is 4.98 Å². The van der Waals surface area contributed by atoms with Crippen molar-refractivity contribution in [3.63, 3.8) is 0 Å². The third kappa shape index (κ3) is 6.17. The summed E-state index contributed by atoms with van der Waals surface area (Å²) < 4.78 is 54.9. The molecule has 4 heterocycles. The first-order chi connectivity index (χ1) is 19.7. The summed E-state index contributed by atoms with van der Waals surface area (Å²) in [5.41, 5.74) is 0.393. The lowest BCUT2D eigenvalue weighted by Crippen LogP contribution is -2.63. The number of ether oxygens (including phenoxy) is 2. The number of rotatable bonds is 9. The Labute approximate surface area is 238 Å². The molecule has 2 bridgehead atoms. The number of hydrogen-bond donors (Lipinski definition) is 1. The fourth-order valence-corrected chi connectivity index (χ4v) is 7.26. The van der Waals surface area contributed by atoms with E-state index < -0.39 is 12.0 Å². The van der Waals surface area contributed by atoms with Gasteiger partial charge in [-0.3, -0.25) is 0 Å². The molecular weight excluding hydrogens is 533 g/mol. The van der Waals surface area contributed by atoms with Crippen LogP contribution in [0, 0.1) is 11.8 Å². The molecule has 0 spiro atoms. The van der Waals surface area contributed by atoms with Gasteiger partial charge in [-0.2, -0.15) is 0 Å². The predicted octanol–water partition coefficient (Wildman–Crippen LogP) is 6.72. The zero-order valence-electron chi connectivity index (χ0n) is 23.2. The molecule has 1 saturated carbocycles. The van der Waals surface area contributed by atoms with Gasteiger partial charge in [0.2, 0.25) is 5.89 Å². The number of oxazole rings is 1. The molecule has 1 aromatic heterocycles. The van der Waals surface area contributed by atoms with E-state index in [0.29, 0.717) is 25.0 Å². The molecule has 3 aliphatic heterocycles. The molecule has 0 unspecified atom stereocenters. The Morgan fingerprint density at radius 2 is 1.63 bits per heavy atom. The van der Waals surface area contributed by atoms with Crippen LogP contribution >= 0.6 is 0 Å². The van der Waals surface area contributed by atoms with E-state index in [1.807, 2.05) is 30.3 Å². The van der Waals surface area contributed by atoms with Gasteiger partial charge in [-0.15, -0.1) is 13.2 Å². The molecule has 1 N–H and O–H groups in total. The number of aromatic nitrogens is 1. The van der Waals surface area contributed by atoms with E-state index in [-0.39, 0.29) is 17.8 Å². The normalized spacial score (nSPS) is 26.5. The molecule has 3 saturated heterocycles. The molecule has 2 aromatic carbocycles. The summed E-state index contributed by atoms with van der Waals surface area (Å²) >= 11 is 0. The van der Waals surface area contributed by atoms with Crippen LogP contribution < -0.4 is 4.74 Å². The molecule has 1 aliphatic carbocycles. The number of piperidine rings is 3. The van der Waals surface area contributed by atoms with Crippen LogP contribution in [0.1, 0.15) is 67.7 Å². The van der Waals surface area contributed by atoms with Gasteiger partial charge in [0.25, 0.3) is 0 Å². The van der Waals surface area contributed by atoms with Gasteiger partial charge in [0.15, 0.2) is 11.4 Å². The molecule has 9 heteroatoms. The van der Waals surface area contributed by atoms with Crippen LogP contribution in [0.5, 0.6) is 5.75 Å². The summed E-state index contributed by atoms with van der Waals surface area (Å²) in [5, 5.41) is 12.2. The smallest absolute Gasteiger partial charge is 0.436 e. The molecule has 4 fully saturated rings. The Hall–Kier alpha value is -2.88. The Morgan fingerprint density at radius 1 is 0.927 bits per heavy atom. The first kappa shape index (κ1) is 28.2. The lowest BCUT2D eigenvalue weighted by Gasteiger charge is -2.52. The number of aliphatic hydroxyl groups is 1. The number of nitrogens with zero attached hydrogens (tertiary/aromatic N) is 2. The maximum atomic E-state index is 12.5. The topological polar surface area (TPSA) is 64.7 Å². The fraction of sp³-hybridized carbons (Fsp3) is 0.531. The fourth-order valence-electron chi connectivity index (χ4n) is 7.26. The van der Waals surface area contributed by atoms with Crippen molar-refractivity contribution in [2.24, 2.45) is 11.8 Å². The van der Waals surface area contributed by atoms with Crippen LogP contribution in [0.3, 0.4) is 0 Å². The zero-order valence-corrected chi connectivity index (χ0v) is 23.2. The summed E-state index contributed by atoms with van der Waals surface area (Å²) in [6, 6.07) is 15.7. The predicted molar refractivity (Wildman–Crippen MR) is 146 cm³/mol. The summed E-state index contributed by atoms with van der Waals surface area (Å²) in [7, 11) is 0. The summed E-state index contributed by atoms with van der Waals surface area (Å²) in [5.74, 6) is 1.48. The van der Waals surface area contributed by atoms with Gasteiger partial charge < -0.3 is 23.5 Å². The molecule has 3 aromatic rings. The standard InChI is InChI=1S/C32H38F3N2O4/c33-32(34,35)41-27-13-11-23(12-14-27)22-39-29-21-37(17-15-24(29)16-18-37)20-28-19-36-30(40-28)31(38,25-7-3-1-4-8-25)26-9-5-2-6-10-26/h1,3-4,7-8,11-14,19,24,26,29,38H,2,5-6,9-10,15-18,20-22H2/q+1/t24?,29-,31-,37?/m0/s1. The highest BCUT2D eigenvalue weighted by molar-refractivity contribution is 5.30. The van der Waals surface area contributed by atoms with Crippen LogP contribution in [-0.4, -0.2) is 46.7 Å². The van der Waals surface area contributed by atoms with E-state index in [9.17, 15) is 18.3 Å². The van der Waals surface area contributed by atoms with Gasteiger partial charge in [-0.05, 0) is 36.1 Å². The van der Waals surface area contributed by atoms with Crippen LogP contribution in [0.4, 0.5) is 13.2 Å². The van der Waals surface area contributed by atoms with Gasteiger partial charge >= 0.3 is 6.36 Å². The van der Waals surface area contributed by atoms with Crippen molar-refractivity contribution in [2.75, 3.05) is 19.6 Å². The van der Waals surface area contributed by atoms with Crippen molar-refractivity contribution < 1.29 is 36.7 Å². The summed E-state index contributed by atoms with van der Waals surface area (Å²) in [6.07, 6.45) is 4.55. The summed E-state index contributed by atoms with van der Waals surface area (Å²) in [4.78, 5) is 4.67. The number of halogens is 3. The average molecular weight is 572 g/mol. The Bertz CT molecular complexity index is 1280. The average Bonchev–Trinajstić information content (AvgIpc) is 3.45. The second kappa shape index (κ2) is 11.4. The van der Waals surface area contributed by atoms with Crippen LogP contribution in [0.25, 0.3) is 0 Å². The van der Waals surface area contributed by atoms with Gasteiger partial charge in [-0.25, -0.2) is 4.98 Å². The second-order valence-corrected chi connectivity index (χ2v) is 12.1. The highest BCUT2D eigenvalue weighted by Crippen LogP contribution is 2.44. The number of fused-ring (bicyclic) bond motifs is 3. The third-order valence-corrected chi connectivity index (χ3v) is 9.44. The van der Waals surface area contributed by atoms with Crippen molar-refractivity contribution in [1.29, 1.82) is 0 Å². The molecule has 0 radical (unpaired) electrons. The number of benzene rings is 2. The SMILES string of the molecule is O[C@](c1ccccc1)(c1ncc(C[N+]23CCC(CC2)[C@@H](OCc2ccc(OC(F)(F)F)cc2)C3)o1)C1CCCCC1. The number of quaternary nitrogens is 1. The quantitative estimate of drug-likeness (QED) is 0.289. The minimum atomic E-state index is -4.70. The molecule has 41 heavy (non-hydrogen) atoms. The van der Waals surface area contributed by atoms with E-state index in [2.05, 4.69) is 9.72 Å². The Morgan fingerprint density at radius 3 is 2.32 bits per heavy atom. The molecule has 4 aliphatic rings. The maximum absolute atomic E-state index is 12.5. The van der Waals surface area contributed by atoms with Crippen molar-refractivity contribution >= 4 is 0 Å². The van der Waals surface area contributed by atoms with Crippen LogP contribution in [0.2, 0.25) is 0 Å². The second-order valence-electron chi connectivity index (χ2n) is 12.1. The number of hydrogen-bond acceptors (Lipinski definition) is 5. The van der Waals surface area contributed by atoms with E-state index in [1.54, 1.807) is 18.3 Å². The van der Waals surface area contributed by atoms with Gasteiger partial charge in [0, 0.05) is 24.7 Å². The zero-order chi connectivity index (χ0) is 28.5. The van der Waals surface area contributed by atoms with Gasteiger partial charge in [0.05, 0.1) is 25.9 Å². The Balaban J connectivity index is 1.13. The van der Waals surface area contributed by atoms with Crippen molar-refractivity contribution in [3.8, 4) is 5.75 Å². The van der Waals surface area contributed by atoms with E-state index in [4.69, 9.17) is 9.15 Å².